The molecule has 0 aliphatic carbocycles. The lowest BCUT2D eigenvalue weighted by Gasteiger charge is -2.37. The Kier molecular flexibility index (Phi) is 6.91. The lowest BCUT2D eigenvalue weighted by atomic mass is 9.92. The summed E-state index contributed by atoms with van der Waals surface area (Å²) in [4.78, 5) is 48.7. The summed E-state index contributed by atoms with van der Waals surface area (Å²) in [6.07, 6.45) is 4.03. The first-order valence-corrected chi connectivity index (χ1v) is 11.9. The highest BCUT2D eigenvalue weighted by Crippen LogP contribution is 2.33. The van der Waals surface area contributed by atoms with Crippen molar-refractivity contribution in [1.82, 2.24) is 25.1 Å². The minimum atomic E-state index is -0.757. The highest BCUT2D eigenvalue weighted by atomic mass is 16.6. The topological polar surface area (TPSA) is 142 Å². The van der Waals surface area contributed by atoms with E-state index >= 15 is 0 Å². The monoisotopic (exact) mass is 493 g/mol. The molecule has 0 saturated carbocycles. The first-order chi connectivity index (χ1) is 17.0. The smallest absolute Gasteiger partial charge is 0.413 e. The lowest BCUT2D eigenvalue weighted by molar-refractivity contribution is -0.146. The van der Waals surface area contributed by atoms with Crippen LogP contribution in [0.4, 0.5) is 16.3 Å². The Morgan fingerprint density at radius 3 is 2.64 bits per heavy atom. The zero-order valence-electron chi connectivity index (χ0n) is 21.1. The fourth-order valence-electron chi connectivity index (χ4n) is 4.21. The van der Waals surface area contributed by atoms with Gasteiger partial charge in [0.1, 0.15) is 16.9 Å². The molecule has 190 valence electrons. The summed E-state index contributed by atoms with van der Waals surface area (Å²) in [5.41, 5.74) is 2.56. The average molecular weight is 494 g/mol. The summed E-state index contributed by atoms with van der Waals surface area (Å²) >= 11 is 0. The largest absolute Gasteiger partial charge is 0.444 e. The Morgan fingerprint density at radius 1 is 1.14 bits per heavy atom. The Bertz CT molecular complexity index is 1300. The van der Waals surface area contributed by atoms with Gasteiger partial charge in [0.25, 0.3) is 0 Å². The van der Waals surface area contributed by atoms with Crippen LogP contribution in [0.5, 0.6) is 0 Å². The van der Waals surface area contributed by atoms with Crippen LogP contribution in [0, 0.1) is 12.8 Å². The van der Waals surface area contributed by atoms with Gasteiger partial charge in [0, 0.05) is 6.54 Å². The minimum Gasteiger partial charge on any atom is -0.444 e. The van der Waals surface area contributed by atoms with Crippen molar-refractivity contribution >= 4 is 40.4 Å². The molecule has 4 rings (SSSR count). The Labute approximate surface area is 209 Å². The van der Waals surface area contributed by atoms with Gasteiger partial charge < -0.3 is 15.0 Å². The molecule has 0 aromatic carbocycles. The first-order valence-electron chi connectivity index (χ1n) is 11.9. The number of H-pyrrole nitrogens is 1. The molecule has 3 amide bonds. The number of carbonyl (C=O) groups excluding carboxylic acids is 3. The third kappa shape index (κ3) is 5.78. The van der Waals surface area contributed by atoms with Gasteiger partial charge in [-0.25, -0.2) is 14.8 Å². The van der Waals surface area contributed by atoms with Crippen LogP contribution < -0.4 is 10.6 Å². The van der Waals surface area contributed by atoms with Crippen molar-refractivity contribution in [1.29, 1.82) is 0 Å². The van der Waals surface area contributed by atoms with Gasteiger partial charge in [0.05, 0.1) is 35.3 Å². The van der Waals surface area contributed by atoms with E-state index in [0.29, 0.717) is 35.6 Å². The summed E-state index contributed by atoms with van der Waals surface area (Å²) in [5, 5.41) is 12.1. The molecule has 1 fully saturated rings. The van der Waals surface area contributed by atoms with Crippen LogP contribution in [-0.2, 0) is 14.3 Å². The van der Waals surface area contributed by atoms with Crippen LogP contribution in [0.25, 0.3) is 11.0 Å². The SMILES string of the molecule is Cc1cc(NC(=O)C(=O)N2CC(C)CCC2c2ccc3[nH]ncc3n2)cnc1NC(=O)OC(C)(C)C. The molecule has 4 heterocycles. The molecule has 2 unspecified atom stereocenters. The molecule has 3 N–H and O–H groups in total. The molecule has 0 bridgehead atoms. The molecule has 1 saturated heterocycles. The maximum absolute atomic E-state index is 13.2. The summed E-state index contributed by atoms with van der Waals surface area (Å²) in [7, 11) is 0. The van der Waals surface area contributed by atoms with Crippen LogP contribution in [0.1, 0.15) is 57.8 Å². The van der Waals surface area contributed by atoms with Gasteiger partial charge in [-0.15, -0.1) is 0 Å². The zero-order chi connectivity index (χ0) is 26.0. The zero-order valence-corrected chi connectivity index (χ0v) is 21.1. The Balaban J connectivity index is 1.46. The second kappa shape index (κ2) is 9.92. The molecule has 0 spiro atoms. The molecule has 11 heteroatoms. The van der Waals surface area contributed by atoms with Gasteiger partial charge >= 0.3 is 17.9 Å². The number of nitrogens with zero attached hydrogens (tertiary/aromatic N) is 4. The highest BCUT2D eigenvalue weighted by molar-refractivity contribution is 6.39. The molecule has 11 nitrogen and oxygen atoms in total. The quantitative estimate of drug-likeness (QED) is 0.469. The summed E-state index contributed by atoms with van der Waals surface area (Å²) in [6.45, 7) is 9.55. The number of aromatic amines is 1. The Morgan fingerprint density at radius 2 is 1.92 bits per heavy atom. The van der Waals surface area contributed by atoms with Crippen LogP contribution >= 0.6 is 0 Å². The normalized spacial score (nSPS) is 18.1. The molecule has 36 heavy (non-hydrogen) atoms. The number of carbonyl (C=O) groups is 3. The standard InChI is InChI=1S/C25H31N7O4/c1-14-6-9-20(18-8-7-17-19(29-18)12-27-31-17)32(13-14)23(34)22(33)28-16-10-15(2)21(26-11-16)30-24(35)36-25(3,4)5/h7-8,10-12,14,20H,6,9,13H2,1-5H3,(H,27,31)(H,28,33)(H,26,30,35). The van der Waals surface area contributed by atoms with Gasteiger partial charge in [0.15, 0.2) is 0 Å². The highest BCUT2D eigenvalue weighted by Gasteiger charge is 2.35. The molecule has 2 atom stereocenters. The van der Waals surface area contributed by atoms with E-state index in [0.717, 1.165) is 17.6 Å². The second-order valence-corrected chi connectivity index (χ2v) is 10.2. The molecule has 1 aliphatic rings. The molecule has 0 radical (unpaired) electrons. The van der Waals surface area contributed by atoms with Crippen LogP contribution in [-0.4, -0.2) is 55.1 Å². The first kappa shape index (κ1) is 25.1. The van der Waals surface area contributed by atoms with Crippen molar-refractivity contribution in [3.8, 4) is 0 Å². The van der Waals surface area contributed by atoms with E-state index in [1.807, 2.05) is 12.1 Å². The van der Waals surface area contributed by atoms with E-state index in [1.54, 1.807) is 44.9 Å². The lowest BCUT2D eigenvalue weighted by Crippen LogP contribution is -2.46. The van der Waals surface area contributed by atoms with E-state index in [1.165, 1.54) is 6.20 Å². The number of pyridine rings is 2. The van der Waals surface area contributed by atoms with Gasteiger partial charge in [0.2, 0.25) is 0 Å². The predicted octanol–water partition coefficient (Wildman–Crippen LogP) is 3.95. The number of likely N-dealkylation sites (tertiary alicyclic amines) is 1. The van der Waals surface area contributed by atoms with Gasteiger partial charge in [-0.2, -0.15) is 5.10 Å². The molecule has 3 aromatic rings. The fraction of sp³-hybridized carbons (Fsp3) is 0.440. The number of aryl methyl sites for hydroxylation is 1. The van der Waals surface area contributed by atoms with Crippen molar-refractivity contribution in [2.45, 2.75) is 59.1 Å². The van der Waals surface area contributed by atoms with E-state index < -0.39 is 23.5 Å². The third-order valence-corrected chi connectivity index (χ3v) is 5.89. The van der Waals surface area contributed by atoms with Crippen molar-refractivity contribution in [2.75, 3.05) is 17.2 Å². The number of anilines is 2. The number of hydrogen-bond donors (Lipinski definition) is 3. The molecule has 1 aliphatic heterocycles. The summed E-state index contributed by atoms with van der Waals surface area (Å²) < 4.78 is 5.24. The maximum atomic E-state index is 13.2. The summed E-state index contributed by atoms with van der Waals surface area (Å²) in [5.74, 6) is -0.821. The summed E-state index contributed by atoms with van der Waals surface area (Å²) in [6, 6.07) is 5.07. The minimum absolute atomic E-state index is 0.262. The predicted molar refractivity (Wildman–Crippen MR) is 134 cm³/mol. The van der Waals surface area contributed by atoms with Crippen molar-refractivity contribution in [3.05, 3.63) is 41.9 Å². The van der Waals surface area contributed by atoms with E-state index in [4.69, 9.17) is 4.74 Å². The van der Waals surface area contributed by atoms with Crippen molar-refractivity contribution < 1.29 is 19.1 Å². The number of hydrogen-bond acceptors (Lipinski definition) is 7. The number of fused-ring (bicyclic) bond motifs is 1. The number of nitrogens with one attached hydrogen (secondary N) is 3. The molecular formula is C25H31N7O4. The van der Waals surface area contributed by atoms with E-state index in [-0.39, 0.29) is 12.0 Å². The Hall–Kier alpha value is -4.02. The van der Waals surface area contributed by atoms with Crippen LogP contribution in [0.3, 0.4) is 0 Å². The van der Waals surface area contributed by atoms with Crippen molar-refractivity contribution in [2.24, 2.45) is 5.92 Å². The van der Waals surface area contributed by atoms with Gasteiger partial charge in [-0.1, -0.05) is 6.92 Å². The van der Waals surface area contributed by atoms with E-state index in [9.17, 15) is 14.4 Å². The van der Waals surface area contributed by atoms with Crippen LogP contribution in [0.15, 0.2) is 30.6 Å². The number of piperidine rings is 1. The van der Waals surface area contributed by atoms with Gasteiger partial charge in [-0.3, -0.25) is 20.0 Å². The number of ether oxygens (including phenoxy) is 1. The second-order valence-electron chi connectivity index (χ2n) is 10.2. The number of amides is 3. The van der Waals surface area contributed by atoms with Crippen molar-refractivity contribution in [3.63, 3.8) is 0 Å². The number of aromatic nitrogens is 4. The van der Waals surface area contributed by atoms with E-state index in [2.05, 4.69) is 37.7 Å². The maximum Gasteiger partial charge on any atom is 0.413 e. The average Bonchev–Trinajstić information content (AvgIpc) is 3.27. The number of rotatable bonds is 3. The van der Waals surface area contributed by atoms with Crippen LogP contribution in [0.2, 0.25) is 0 Å². The molecule has 3 aromatic heterocycles. The third-order valence-electron chi connectivity index (χ3n) is 5.89. The fourth-order valence-corrected chi connectivity index (χ4v) is 4.21. The van der Waals surface area contributed by atoms with Gasteiger partial charge in [-0.05, 0) is 70.2 Å². The molecular weight excluding hydrogens is 462 g/mol.